The number of hydrogen-bond donors (Lipinski definition) is 1. The van der Waals surface area contributed by atoms with Crippen LogP contribution in [0.5, 0.6) is 0 Å². The van der Waals surface area contributed by atoms with Crippen molar-refractivity contribution in [1.82, 2.24) is 10.2 Å². The SMILES string of the molecule is CCCNC(=O)[C@H](Cc1ccccc1)N(Cc1ccccc1C)C(=O)CN(c1cccc(Br)c1)S(=O)(=O)c1ccccc1. The molecule has 0 aliphatic heterocycles. The van der Waals surface area contributed by atoms with Gasteiger partial charge in [0, 0.05) is 24.0 Å². The normalized spacial score (nSPS) is 11.9. The predicted octanol–water partition coefficient (Wildman–Crippen LogP) is 6.12. The zero-order chi connectivity index (χ0) is 30.8. The molecule has 0 heterocycles. The van der Waals surface area contributed by atoms with Gasteiger partial charge in [0.15, 0.2) is 0 Å². The summed E-state index contributed by atoms with van der Waals surface area (Å²) in [6.07, 6.45) is 1.01. The van der Waals surface area contributed by atoms with E-state index in [1.807, 2.05) is 68.4 Å². The number of carbonyl (C=O) groups is 2. The highest BCUT2D eigenvalue weighted by Crippen LogP contribution is 2.27. The summed E-state index contributed by atoms with van der Waals surface area (Å²) in [5.74, 6) is -0.775. The van der Waals surface area contributed by atoms with E-state index in [0.29, 0.717) is 16.7 Å². The van der Waals surface area contributed by atoms with E-state index in [0.717, 1.165) is 27.4 Å². The lowest BCUT2D eigenvalue weighted by molar-refractivity contribution is -0.140. The monoisotopic (exact) mass is 661 g/mol. The number of carbonyl (C=O) groups excluding carboxylic acids is 2. The number of halogens is 1. The van der Waals surface area contributed by atoms with Crippen molar-refractivity contribution in [2.45, 2.75) is 44.2 Å². The maximum atomic E-state index is 14.4. The number of hydrogen-bond acceptors (Lipinski definition) is 4. The highest BCUT2D eigenvalue weighted by Gasteiger charge is 2.34. The van der Waals surface area contributed by atoms with Crippen LogP contribution in [0.3, 0.4) is 0 Å². The summed E-state index contributed by atoms with van der Waals surface area (Å²) in [5.41, 5.74) is 3.06. The maximum absolute atomic E-state index is 14.4. The van der Waals surface area contributed by atoms with Gasteiger partial charge in [-0.25, -0.2) is 8.42 Å². The van der Waals surface area contributed by atoms with Crippen molar-refractivity contribution >= 4 is 43.5 Å². The van der Waals surface area contributed by atoms with Gasteiger partial charge >= 0.3 is 0 Å². The molecule has 0 saturated heterocycles. The Morgan fingerprint density at radius 1 is 0.860 bits per heavy atom. The molecule has 0 unspecified atom stereocenters. The Labute approximate surface area is 262 Å². The van der Waals surface area contributed by atoms with Crippen molar-refractivity contribution in [1.29, 1.82) is 0 Å². The molecule has 7 nitrogen and oxygen atoms in total. The molecule has 1 atom stereocenters. The number of sulfonamides is 1. The van der Waals surface area contributed by atoms with Crippen molar-refractivity contribution in [2.24, 2.45) is 0 Å². The van der Waals surface area contributed by atoms with E-state index in [1.165, 1.54) is 17.0 Å². The summed E-state index contributed by atoms with van der Waals surface area (Å²) in [4.78, 5) is 29.7. The highest BCUT2D eigenvalue weighted by molar-refractivity contribution is 9.10. The van der Waals surface area contributed by atoms with Crippen molar-refractivity contribution in [3.63, 3.8) is 0 Å². The Morgan fingerprint density at radius 3 is 2.16 bits per heavy atom. The third-order valence-electron chi connectivity index (χ3n) is 7.13. The van der Waals surface area contributed by atoms with Crippen molar-refractivity contribution in [3.8, 4) is 0 Å². The fraction of sp³-hybridized carbons (Fsp3) is 0.235. The van der Waals surface area contributed by atoms with Crippen molar-refractivity contribution < 1.29 is 18.0 Å². The predicted molar refractivity (Wildman–Crippen MR) is 174 cm³/mol. The van der Waals surface area contributed by atoms with Crippen LogP contribution in [-0.4, -0.2) is 44.3 Å². The van der Waals surface area contributed by atoms with Gasteiger partial charge in [-0.2, -0.15) is 0 Å². The number of anilines is 1. The third-order valence-corrected chi connectivity index (χ3v) is 9.41. The second-order valence-electron chi connectivity index (χ2n) is 10.2. The second-order valence-corrected chi connectivity index (χ2v) is 13.0. The van der Waals surface area contributed by atoms with E-state index in [1.54, 1.807) is 42.5 Å². The molecule has 4 aromatic carbocycles. The Kier molecular flexibility index (Phi) is 11.1. The molecule has 224 valence electrons. The van der Waals surface area contributed by atoms with Gasteiger partial charge in [-0.3, -0.25) is 13.9 Å². The summed E-state index contributed by atoms with van der Waals surface area (Å²) in [6, 6.07) is 31.2. The average Bonchev–Trinajstić information content (AvgIpc) is 3.02. The summed E-state index contributed by atoms with van der Waals surface area (Å²) in [6.45, 7) is 4.03. The molecule has 0 fully saturated rings. The molecule has 1 N–H and O–H groups in total. The zero-order valence-electron chi connectivity index (χ0n) is 24.3. The van der Waals surface area contributed by atoms with Crippen LogP contribution in [0.4, 0.5) is 5.69 Å². The van der Waals surface area contributed by atoms with Crippen LogP contribution in [0.1, 0.15) is 30.0 Å². The van der Waals surface area contributed by atoms with Crippen LogP contribution in [0.25, 0.3) is 0 Å². The van der Waals surface area contributed by atoms with Crippen LogP contribution in [-0.2, 0) is 32.6 Å². The summed E-state index contributed by atoms with van der Waals surface area (Å²) >= 11 is 3.43. The lowest BCUT2D eigenvalue weighted by Gasteiger charge is -2.34. The molecule has 2 amide bonds. The first-order valence-corrected chi connectivity index (χ1v) is 16.4. The topological polar surface area (TPSA) is 86.8 Å². The zero-order valence-corrected chi connectivity index (χ0v) is 26.7. The molecule has 43 heavy (non-hydrogen) atoms. The Morgan fingerprint density at radius 2 is 1.51 bits per heavy atom. The van der Waals surface area contributed by atoms with Crippen LogP contribution in [0.15, 0.2) is 119 Å². The Balaban J connectivity index is 1.80. The highest BCUT2D eigenvalue weighted by atomic mass is 79.9. The lowest BCUT2D eigenvalue weighted by Crippen LogP contribution is -2.53. The molecule has 4 aromatic rings. The van der Waals surface area contributed by atoms with Gasteiger partial charge in [-0.1, -0.05) is 102 Å². The standard InChI is InChI=1S/C34H36BrN3O4S/c1-3-21-36-34(40)32(22-27-14-6-4-7-15-27)37(24-28-16-11-10-13-26(28)2)33(39)25-38(30-18-12-17-29(35)23-30)43(41,42)31-19-8-5-9-20-31/h4-20,23,32H,3,21-22,24-25H2,1-2H3,(H,36,40)/t32-/m0/s1. The molecule has 0 radical (unpaired) electrons. The fourth-order valence-electron chi connectivity index (χ4n) is 4.77. The maximum Gasteiger partial charge on any atom is 0.264 e. The first kappa shape index (κ1) is 32.0. The van der Waals surface area contributed by atoms with Crippen LogP contribution in [0, 0.1) is 6.92 Å². The molecule has 9 heteroatoms. The van der Waals surface area contributed by atoms with E-state index in [9.17, 15) is 18.0 Å². The number of amides is 2. The smallest absolute Gasteiger partial charge is 0.264 e. The molecule has 0 saturated carbocycles. The third kappa shape index (κ3) is 8.33. The molecule has 0 bridgehead atoms. The molecule has 0 aromatic heterocycles. The minimum Gasteiger partial charge on any atom is -0.354 e. The molecular weight excluding hydrogens is 626 g/mol. The number of benzene rings is 4. The molecule has 4 rings (SSSR count). The number of nitrogens with zero attached hydrogens (tertiary/aromatic N) is 2. The van der Waals surface area contributed by atoms with E-state index in [2.05, 4.69) is 21.2 Å². The minimum absolute atomic E-state index is 0.0646. The van der Waals surface area contributed by atoms with Gasteiger partial charge in [0.2, 0.25) is 11.8 Å². The van der Waals surface area contributed by atoms with Gasteiger partial charge in [0.05, 0.1) is 10.6 Å². The number of aryl methyl sites for hydroxylation is 1. The molecular formula is C34H36BrN3O4S. The lowest BCUT2D eigenvalue weighted by atomic mass is 10.0. The van der Waals surface area contributed by atoms with E-state index in [-0.39, 0.29) is 23.8 Å². The largest absolute Gasteiger partial charge is 0.354 e. The Hall–Kier alpha value is -3.95. The van der Waals surface area contributed by atoms with Crippen molar-refractivity contribution in [3.05, 3.63) is 130 Å². The first-order chi connectivity index (χ1) is 20.7. The molecule has 0 spiro atoms. The summed E-state index contributed by atoms with van der Waals surface area (Å²) in [5, 5.41) is 2.97. The average molecular weight is 663 g/mol. The van der Waals surface area contributed by atoms with Gasteiger partial charge in [0.25, 0.3) is 10.0 Å². The molecule has 0 aliphatic rings. The van der Waals surface area contributed by atoms with Crippen LogP contribution < -0.4 is 9.62 Å². The molecule has 0 aliphatic carbocycles. The van der Waals surface area contributed by atoms with Gasteiger partial charge in [-0.05, 0) is 60.4 Å². The fourth-order valence-corrected chi connectivity index (χ4v) is 6.58. The minimum atomic E-state index is -4.14. The van der Waals surface area contributed by atoms with Crippen LogP contribution >= 0.6 is 15.9 Å². The van der Waals surface area contributed by atoms with E-state index in [4.69, 9.17) is 0 Å². The quantitative estimate of drug-likeness (QED) is 0.187. The van der Waals surface area contributed by atoms with Gasteiger partial charge in [0.1, 0.15) is 12.6 Å². The van der Waals surface area contributed by atoms with Gasteiger partial charge in [-0.15, -0.1) is 0 Å². The number of rotatable bonds is 13. The summed E-state index contributed by atoms with van der Waals surface area (Å²) in [7, 11) is -4.14. The Bertz CT molecular complexity index is 1630. The van der Waals surface area contributed by atoms with Gasteiger partial charge < -0.3 is 10.2 Å². The van der Waals surface area contributed by atoms with Crippen LogP contribution in [0.2, 0.25) is 0 Å². The number of nitrogens with one attached hydrogen (secondary N) is 1. The van der Waals surface area contributed by atoms with E-state index < -0.39 is 28.5 Å². The van der Waals surface area contributed by atoms with Crippen molar-refractivity contribution in [2.75, 3.05) is 17.4 Å². The second kappa shape index (κ2) is 15.0. The van der Waals surface area contributed by atoms with E-state index >= 15 is 0 Å². The first-order valence-electron chi connectivity index (χ1n) is 14.2. The summed E-state index contributed by atoms with van der Waals surface area (Å²) < 4.78 is 29.8.